The third-order valence-corrected chi connectivity index (χ3v) is 0.676. The molecular formula is C6H10O. The second-order valence-electron chi connectivity index (χ2n) is 1.18. The Labute approximate surface area is 44.3 Å². The normalized spacial score (nSPS) is 10.9. The largest absolute Gasteiger partial charge is 0.471 e. The minimum absolute atomic E-state index is 0.884. The Morgan fingerprint density at radius 2 is 2.29 bits per heavy atom. The molecular weight excluding hydrogens is 88.1 g/mol. The van der Waals surface area contributed by atoms with Crippen molar-refractivity contribution in [2.24, 2.45) is 0 Å². The van der Waals surface area contributed by atoms with Crippen LogP contribution in [0.25, 0.3) is 0 Å². The van der Waals surface area contributed by atoms with E-state index in [4.69, 9.17) is 4.74 Å². The van der Waals surface area contributed by atoms with Crippen LogP contribution in [0.1, 0.15) is 13.8 Å². The predicted octanol–water partition coefficient (Wildman–Crippen LogP) is 2.07. The first kappa shape index (κ1) is 6.28. The van der Waals surface area contributed by atoms with Gasteiger partial charge in [0.2, 0.25) is 0 Å². The van der Waals surface area contributed by atoms with Crippen molar-refractivity contribution in [3.63, 3.8) is 0 Å². The van der Waals surface area contributed by atoms with Crippen LogP contribution < -0.4 is 0 Å². The fourth-order valence-electron chi connectivity index (χ4n) is 0.199. The molecule has 1 heteroatoms. The molecule has 0 aromatic rings. The molecule has 0 aliphatic carbocycles. The Balaban J connectivity index is 3.36. The van der Waals surface area contributed by atoms with E-state index in [-0.39, 0.29) is 0 Å². The molecule has 0 aromatic heterocycles. The van der Waals surface area contributed by atoms with Crippen molar-refractivity contribution < 1.29 is 4.74 Å². The van der Waals surface area contributed by atoms with E-state index in [0.717, 1.165) is 5.76 Å². The average Bonchev–Trinajstić information content (AvgIpc) is 1.68. The van der Waals surface area contributed by atoms with E-state index in [1.165, 1.54) is 6.26 Å². The molecule has 0 amide bonds. The molecule has 0 bridgehead atoms. The maximum atomic E-state index is 4.82. The number of hydrogen-bond acceptors (Lipinski definition) is 1. The molecule has 0 radical (unpaired) electrons. The Bertz CT molecular complexity index is 82.2. The Hall–Kier alpha value is -0.720. The molecule has 0 saturated carbocycles. The number of ether oxygens (including phenoxy) is 1. The molecule has 1 nitrogen and oxygen atoms in total. The highest BCUT2D eigenvalue weighted by atomic mass is 16.5. The molecule has 0 aliphatic heterocycles. The Kier molecular flexibility index (Phi) is 3.11. The zero-order valence-corrected chi connectivity index (χ0v) is 4.77. The maximum Gasteiger partial charge on any atom is 0.0958 e. The molecule has 0 heterocycles. The summed E-state index contributed by atoms with van der Waals surface area (Å²) in [5.41, 5.74) is 0. The van der Waals surface area contributed by atoms with Gasteiger partial charge in [-0.05, 0) is 19.9 Å². The van der Waals surface area contributed by atoms with Crippen LogP contribution in [0.15, 0.2) is 24.7 Å². The smallest absolute Gasteiger partial charge is 0.0958 e. The lowest BCUT2D eigenvalue weighted by Gasteiger charge is -1.93. The van der Waals surface area contributed by atoms with E-state index in [0.29, 0.717) is 0 Å². The first-order valence-corrected chi connectivity index (χ1v) is 2.21. The van der Waals surface area contributed by atoms with Crippen molar-refractivity contribution in [2.75, 3.05) is 0 Å². The Morgan fingerprint density at radius 1 is 1.71 bits per heavy atom. The van der Waals surface area contributed by atoms with Gasteiger partial charge >= 0.3 is 0 Å². The number of hydrogen-bond donors (Lipinski definition) is 0. The highest BCUT2D eigenvalue weighted by molar-refractivity contribution is 4.85. The summed E-state index contributed by atoms with van der Waals surface area (Å²) < 4.78 is 4.82. The molecule has 0 rings (SSSR count). The van der Waals surface area contributed by atoms with Crippen molar-refractivity contribution >= 4 is 0 Å². The number of rotatable bonds is 2. The van der Waals surface area contributed by atoms with Gasteiger partial charge in [0, 0.05) is 0 Å². The van der Waals surface area contributed by atoms with Gasteiger partial charge < -0.3 is 4.74 Å². The fraction of sp³-hybridized carbons (Fsp3) is 0.333. The molecule has 0 saturated heterocycles. The first-order chi connectivity index (χ1) is 3.31. The van der Waals surface area contributed by atoms with Crippen LogP contribution in [0.5, 0.6) is 0 Å². The van der Waals surface area contributed by atoms with E-state index in [1.807, 2.05) is 19.9 Å². The van der Waals surface area contributed by atoms with Crippen molar-refractivity contribution in [3.05, 3.63) is 24.7 Å². The van der Waals surface area contributed by atoms with Gasteiger partial charge in [0.15, 0.2) is 0 Å². The SMILES string of the molecule is C=CO/C(C)=C/C. The summed E-state index contributed by atoms with van der Waals surface area (Å²) in [5.74, 6) is 0.884. The first-order valence-electron chi connectivity index (χ1n) is 2.21. The monoisotopic (exact) mass is 98.1 g/mol. The predicted molar refractivity (Wildman–Crippen MR) is 30.7 cm³/mol. The summed E-state index contributed by atoms with van der Waals surface area (Å²) >= 11 is 0. The van der Waals surface area contributed by atoms with Gasteiger partial charge in [-0.2, -0.15) is 0 Å². The van der Waals surface area contributed by atoms with Gasteiger partial charge in [0.05, 0.1) is 12.0 Å². The lowest BCUT2D eigenvalue weighted by atomic mass is 10.5. The summed E-state index contributed by atoms with van der Waals surface area (Å²) in [6.45, 7) is 7.18. The van der Waals surface area contributed by atoms with Crippen LogP contribution in [0.4, 0.5) is 0 Å². The quantitative estimate of drug-likeness (QED) is 0.480. The third kappa shape index (κ3) is 3.10. The van der Waals surface area contributed by atoms with Gasteiger partial charge in [-0.25, -0.2) is 0 Å². The van der Waals surface area contributed by atoms with Crippen LogP contribution in [0.3, 0.4) is 0 Å². The molecule has 7 heavy (non-hydrogen) atoms. The topological polar surface area (TPSA) is 9.23 Å². The maximum absolute atomic E-state index is 4.82. The van der Waals surface area contributed by atoms with Gasteiger partial charge in [-0.15, -0.1) is 0 Å². The minimum atomic E-state index is 0.884. The summed E-state index contributed by atoms with van der Waals surface area (Å²) in [6, 6.07) is 0. The lowest BCUT2D eigenvalue weighted by molar-refractivity contribution is 0.354. The molecule has 0 unspecified atom stereocenters. The molecule has 0 aromatic carbocycles. The lowest BCUT2D eigenvalue weighted by Crippen LogP contribution is -1.72. The highest BCUT2D eigenvalue weighted by Gasteiger charge is 1.75. The number of allylic oxidation sites excluding steroid dienone is 2. The second-order valence-corrected chi connectivity index (χ2v) is 1.18. The fourth-order valence-corrected chi connectivity index (χ4v) is 0.199. The van der Waals surface area contributed by atoms with Crippen molar-refractivity contribution in [2.45, 2.75) is 13.8 Å². The second kappa shape index (κ2) is 3.47. The van der Waals surface area contributed by atoms with E-state index in [1.54, 1.807) is 0 Å². The van der Waals surface area contributed by atoms with Crippen LogP contribution in [-0.4, -0.2) is 0 Å². The van der Waals surface area contributed by atoms with Crippen molar-refractivity contribution in [3.8, 4) is 0 Å². The summed E-state index contributed by atoms with van der Waals surface area (Å²) in [4.78, 5) is 0. The van der Waals surface area contributed by atoms with Crippen molar-refractivity contribution in [1.82, 2.24) is 0 Å². The molecule has 40 valence electrons. The standard InChI is InChI=1S/C6H10O/c1-4-6(3)7-5-2/h4-5H,2H2,1,3H3/b6-4+. The van der Waals surface area contributed by atoms with Gasteiger partial charge in [-0.3, -0.25) is 0 Å². The van der Waals surface area contributed by atoms with E-state index < -0.39 is 0 Å². The average molecular weight is 98.1 g/mol. The highest BCUT2D eigenvalue weighted by Crippen LogP contribution is 1.91. The van der Waals surface area contributed by atoms with Crippen LogP contribution in [-0.2, 0) is 4.74 Å². The summed E-state index contributed by atoms with van der Waals surface area (Å²) in [7, 11) is 0. The van der Waals surface area contributed by atoms with Gasteiger partial charge in [0.25, 0.3) is 0 Å². The van der Waals surface area contributed by atoms with Crippen LogP contribution >= 0.6 is 0 Å². The van der Waals surface area contributed by atoms with E-state index in [9.17, 15) is 0 Å². The van der Waals surface area contributed by atoms with Crippen LogP contribution in [0, 0.1) is 0 Å². The zero-order chi connectivity index (χ0) is 5.70. The molecule has 0 N–H and O–H groups in total. The molecule has 0 spiro atoms. The van der Waals surface area contributed by atoms with E-state index >= 15 is 0 Å². The summed E-state index contributed by atoms with van der Waals surface area (Å²) in [6.07, 6.45) is 3.29. The zero-order valence-electron chi connectivity index (χ0n) is 4.77. The van der Waals surface area contributed by atoms with Gasteiger partial charge in [-0.1, -0.05) is 6.58 Å². The molecule has 0 fully saturated rings. The third-order valence-electron chi connectivity index (χ3n) is 0.676. The van der Waals surface area contributed by atoms with Crippen LogP contribution in [0.2, 0.25) is 0 Å². The molecule has 0 atom stereocenters. The minimum Gasteiger partial charge on any atom is -0.471 e. The Morgan fingerprint density at radius 3 is 2.43 bits per heavy atom. The van der Waals surface area contributed by atoms with Crippen molar-refractivity contribution in [1.29, 1.82) is 0 Å². The molecule has 0 aliphatic rings. The summed E-state index contributed by atoms with van der Waals surface area (Å²) in [5, 5.41) is 0. The van der Waals surface area contributed by atoms with Gasteiger partial charge in [0.1, 0.15) is 0 Å². The van der Waals surface area contributed by atoms with E-state index in [2.05, 4.69) is 6.58 Å².